The Morgan fingerprint density at radius 2 is 1.65 bits per heavy atom. The van der Waals surface area contributed by atoms with Crippen LogP contribution in [0.3, 0.4) is 0 Å². The number of hydrogen-bond acceptors (Lipinski definition) is 7. The van der Waals surface area contributed by atoms with Gasteiger partial charge in [-0.25, -0.2) is 9.59 Å². The summed E-state index contributed by atoms with van der Waals surface area (Å²) in [6.45, 7) is 8.34. The van der Waals surface area contributed by atoms with Crippen LogP contribution < -0.4 is 14.8 Å². The van der Waals surface area contributed by atoms with E-state index in [1.54, 1.807) is 49.6 Å². The van der Waals surface area contributed by atoms with Crippen molar-refractivity contribution < 1.29 is 23.8 Å². The van der Waals surface area contributed by atoms with Crippen LogP contribution in [0.15, 0.2) is 78.9 Å². The molecule has 7 heteroatoms. The van der Waals surface area contributed by atoms with Crippen LogP contribution >= 0.6 is 11.3 Å². The first kappa shape index (κ1) is 27.2. The van der Waals surface area contributed by atoms with Gasteiger partial charge in [0.15, 0.2) is 0 Å². The summed E-state index contributed by atoms with van der Waals surface area (Å²) in [4.78, 5) is 27.1. The Morgan fingerprint density at radius 1 is 0.900 bits per heavy atom. The van der Waals surface area contributed by atoms with Gasteiger partial charge in [-0.2, -0.15) is 0 Å². The van der Waals surface area contributed by atoms with Gasteiger partial charge in [-0.1, -0.05) is 30.3 Å². The van der Waals surface area contributed by atoms with E-state index in [0.29, 0.717) is 21.9 Å². The zero-order chi connectivity index (χ0) is 28.4. The molecule has 0 radical (unpaired) electrons. The van der Waals surface area contributed by atoms with Gasteiger partial charge in [0.25, 0.3) is 0 Å². The molecule has 0 fully saturated rings. The average Bonchev–Trinajstić information content (AvgIpc) is 3.37. The number of carbonyl (C=O) groups is 2. The molecule has 6 nitrogen and oxygen atoms in total. The Kier molecular flexibility index (Phi) is 7.50. The predicted molar refractivity (Wildman–Crippen MR) is 159 cm³/mol. The lowest BCUT2D eigenvalue weighted by molar-refractivity contribution is 0.0478. The Morgan fingerprint density at radius 3 is 2.35 bits per heavy atom. The van der Waals surface area contributed by atoms with Gasteiger partial charge in [0.05, 0.1) is 18.2 Å². The summed E-state index contributed by atoms with van der Waals surface area (Å²) >= 11 is 1.41. The zero-order valence-corrected chi connectivity index (χ0v) is 24.0. The largest absolute Gasteiger partial charge is 0.496 e. The Balaban J connectivity index is 1.53. The quantitative estimate of drug-likeness (QED) is 0.185. The van der Waals surface area contributed by atoms with Gasteiger partial charge in [0.2, 0.25) is 0 Å². The van der Waals surface area contributed by atoms with Gasteiger partial charge in [0.1, 0.15) is 23.0 Å². The lowest BCUT2D eigenvalue weighted by atomic mass is 9.85. The molecule has 3 aromatic carbocycles. The monoisotopic (exact) mass is 553 g/mol. The second kappa shape index (κ2) is 11.0. The van der Waals surface area contributed by atoms with Gasteiger partial charge >= 0.3 is 11.9 Å². The smallest absolute Gasteiger partial charge is 0.348 e. The van der Waals surface area contributed by atoms with E-state index in [1.807, 2.05) is 37.3 Å². The van der Waals surface area contributed by atoms with E-state index in [4.69, 9.17) is 14.2 Å². The van der Waals surface area contributed by atoms with Crippen molar-refractivity contribution in [3.8, 4) is 22.6 Å². The molecule has 0 spiro atoms. The van der Waals surface area contributed by atoms with Gasteiger partial charge in [-0.05, 0) is 81.3 Å². The van der Waals surface area contributed by atoms with Crippen LogP contribution in [0.4, 0.5) is 5.69 Å². The molecule has 0 bridgehead atoms. The van der Waals surface area contributed by atoms with E-state index in [1.165, 1.54) is 11.3 Å². The van der Waals surface area contributed by atoms with Crippen molar-refractivity contribution in [3.05, 3.63) is 105 Å². The van der Waals surface area contributed by atoms with E-state index in [-0.39, 0.29) is 18.1 Å². The maximum absolute atomic E-state index is 12.9. The molecule has 0 saturated carbocycles. The summed E-state index contributed by atoms with van der Waals surface area (Å²) in [7, 11) is 1.58. The molecule has 1 N–H and O–H groups in total. The average molecular weight is 554 g/mol. The van der Waals surface area contributed by atoms with Crippen LogP contribution in [0, 0.1) is 6.92 Å². The zero-order valence-electron chi connectivity index (χ0n) is 23.2. The molecule has 4 aromatic rings. The van der Waals surface area contributed by atoms with Crippen LogP contribution in [0.2, 0.25) is 0 Å². The lowest BCUT2D eigenvalue weighted by Crippen LogP contribution is -2.32. The first-order chi connectivity index (χ1) is 19.1. The lowest BCUT2D eigenvalue weighted by Gasteiger charge is -2.33. The second-order valence-electron chi connectivity index (χ2n) is 10.3. The van der Waals surface area contributed by atoms with Crippen LogP contribution in [-0.2, 0) is 11.3 Å². The Labute approximate surface area is 238 Å². The molecule has 1 aromatic heterocycles. The number of rotatable bonds is 7. The summed E-state index contributed by atoms with van der Waals surface area (Å²) in [5.41, 5.74) is 5.81. The number of aryl methyl sites for hydroxylation is 1. The summed E-state index contributed by atoms with van der Waals surface area (Å²) in [6, 6.07) is 21.9. The number of allylic oxidation sites excluding steroid dienone is 1. The molecule has 5 rings (SSSR count). The highest BCUT2D eigenvalue weighted by molar-refractivity contribution is 7.13. The van der Waals surface area contributed by atoms with Crippen molar-refractivity contribution in [3.63, 3.8) is 0 Å². The van der Waals surface area contributed by atoms with Crippen LogP contribution in [0.1, 0.15) is 56.8 Å². The fourth-order valence-corrected chi connectivity index (χ4v) is 5.81. The molecule has 0 saturated heterocycles. The molecule has 204 valence electrons. The van der Waals surface area contributed by atoms with Crippen LogP contribution in [0.25, 0.3) is 16.7 Å². The minimum atomic E-state index is -0.449. The van der Waals surface area contributed by atoms with E-state index >= 15 is 0 Å². The van der Waals surface area contributed by atoms with Crippen molar-refractivity contribution in [2.24, 2.45) is 0 Å². The molecule has 0 atom stereocenters. The highest BCUT2D eigenvalue weighted by Crippen LogP contribution is 2.43. The topological polar surface area (TPSA) is 73.9 Å². The number of anilines is 1. The third-order valence-corrected chi connectivity index (χ3v) is 7.69. The van der Waals surface area contributed by atoms with Crippen molar-refractivity contribution in [1.82, 2.24) is 0 Å². The van der Waals surface area contributed by atoms with Gasteiger partial charge in [-0.15, -0.1) is 11.3 Å². The summed E-state index contributed by atoms with van der Waals surface area (Å²) < 4.78 is 17.2. The van der Waals surface area contributed by atoms with Crippen molar-refractivity contribution >= 4 is 34.5 Å². The third-order valence-electron chi connectivity index (χ3n) is 6.71. The van der Waals surface area contributed by atoms with Gasteiger partial charge in [-0.3, -0.25) is 0 Å². The number of carbonyl (C=O) groups excluding carboxylic acids is 2. The minimum Gasteiger partial charge on any atom is -0.496 e. The number of fused-ring (bicyclic) bond motifs is 1. The number of methoxy groups -OCH3 is 1. The van der Waals surface area contributed by atoms with E-state index in [0.717, 1.165) is 38.4 Å². The number of benzene rings is 3. The van der Waals surface area contributed by atoms with Gasteiger partial charge in [0, 0.05) is 33.3 Å². The van der Waals surface area contributed by atoms with E-state index in [2.05, 4.69) is 32.2 Å². The first-order valence-electron chi connectivity index (χ1n) is 13.0. The summed E-state index contributed by atoms with van der Waals surface area (Å²) in [5, 5.41) is 3.58. The van der Waals surface area contributed by atoms with E-state index in [9.17, 15) is 9.59 Å². The molecular formula is C33H31NO5S. The number of ether oxygens (including phenoxy) is 3. The normalized spacial score (nSPS) is 13.5. The Hall–Kier alpha value is -4.36. The minimum absolute atomic E-state index is 0.0788. The van der Waals surface area contributed by atoms with Crippen molar-refractivity contribution in [2.45, 2.75) is 39.8 Å². The standard InChI is InChI=1S/C33H31NO5S/c1-20-18-33(3,4)34-27-15-14-24(26(30(20)27)19-38-32(36)29-16-11-21(2)40-29)25-13-12-23(17-28(25)37-5)39-31(35)22-9-7-6-8-10-22/h6-18,34H,19H2,1-5H3. The SMILES string of the molecule is COc1cc(OC(=O)c2ccccc2)ccc1-c1ccc2c(c1COC(=O)c1ccc(C)s1)C(C)=CC(C)(C)N2. The number of nitrogens with one attached hydrogen (secondary N) is 1. The molecule has 1 aliphatic rings. The molecule has 0 aliphatic carbocycles. The number of thiophene rings is 1. The third kappa shape index (κ3) is 5.65. The van der Waals surface area contributed by atoms with Gasteiger partial charge < -0.3 is 19.5 Å². The second-order valence-corrected chi connectivity index (χ2v) is 11.6. The van der Waals surface area contributed by atoms with E-state index < -0.39 is 5.97 Å². The van der Waals surface area contributed by atoms with Crippen LogP contribution in [0.5, 0.6) is 11.5 Å². The molecule has 40 heavy (non-hydrogen) atoms. The van der Waals surface area contributed by atoms with Crippen molar-refractivity contribution in [1.29, 1.82) is 0 Å². The maximum Gasteiger partial charge on any atom is 0.348 e. The molecule has 0 unspecified atom stereocenters. The highest BCUT2D eigenvalue weighted by Gasteiger charge is 2.27. The summed E-state index contributed by atoms with van der Waals surface area (Å²) in [6.07, 6.45) is 2.18. The molecule has 1 aliphatic heterocycles. The number of hydrogen-bond donors (Lipinski definition) is 1. The molecule has 0 amide bonds. The Bertz CT molecular complexity index is 1620. The molecule has 2 heterocycles. The fraction of sp³-hybridized carbons (Fsp3) is 0.212. The van der Waals surface area contributed by atoms with Crippen LogP contribution in [-0.4, -0.2) is 24.6 Å². The summed E-state index contributed by atoms with van der Waals surface area (Å²) in [5.74, 6) is 0.0935. The fourth-order valence-electron chi connectivity index (χ4n) is 5.05. The predicted octanol–water partition coefficient (Wildman–Crippen LogP) is 7.92. The van der Waals surface area contributed by atoms with Crippen molar-refractivity contribution in [2.75, 3.05) is 12.4 Å². The first-order valence-corrected chi connectivity index (χ1v) is 13.8. The molecular weight excluding hydrogens is 522 g/mol. The number of esters is 2. The highest BCUT2D eigenvalue weighted by atomic mass is 32.1. The maximum atomic E-state index is 12.9.